The highest BCUT2D eigenvalue weighted by molar-refractivity contribution is 7.26. The number of aromatic nitrogens is 1. The predicted molar refractivity (Wildman–Crippen MR) is 196 cm³/mol. The maximum atomic E-state index is 6.33. The smallest absolute Gasteiger partial charge is 0.136 e. The molecule has 7 aromatic carbocycles. The van der Waals surface area contributed by atoms with Crippen molar-refractivity contribution in [3.63, 3.8) is 0 Å². The lowest BCUT2D eigenvalue weighted by molar-refractivity contribution is 0.669. The number of furan rings is 1. The van der Waals surface area contributed by atoms with E-state index in [1.54, 1.807) is 0 Å². The summed E-state index contributed by atoms with van der Waals surface area (Å²) in [5.74, 6) is 0. The molecule has 0 saturated carbocycles. The van der Waals surface area contributed by atoms with Crippen LogP contribution in [0.25, 0.3) is 97.3 Å². The van der Waals surface area contributed by atoms with Crippen LogP contribution in [-0.2, 0) is 0 Å². The molecule has 0 aliphatic heterocycles. The molecule has 46 heavy (non-hydrogen) atoms. The average molecular weight is 604 g/mol. The summed E-state index contributed by atoms with van der Waals surface area (Å²) in [5, 5.41) is 8.35. The van der Waals surface area contributed by atoms with Gasteiger partial charge in [-0.05, 0) is 58.7 Å². The van der Waals surface area contributed by atoms with Crippen LogP contribution in [0.1, 0.15) is 0 Å². The highest BCUT2D eigenvalue weighted by atomic mass is 32.1. The van der Waals surface area contributed by atoms with Gasteiger partial charge in [0.15, 0.2) is 0 Å². The van der Waals surface area contributed by atoms with Gasteiger partial charge in [-0.15, -0.1) is 11.3 Å². The second kappa shape index (κ2) is 9.87. The Bertz CT molecular complexity index is 2810. The van der Waals surface area contributed by atoms with E-state index in [1.165, 1.54) is 42.2 Å². The molecular weight excluding hydrogens is 579 g/mol. The molecular formula is C43H25NOS. The molecule has 0 N–H and O–H groups in total. The third kappa shape index (κ3) is 3.79. The van der Waals surface area contributed by atoms with Crippen LogP contribution in [0.2, 0.25) is 0 Å². The van der Waals surface area contributed by atoms with Crippen LogP contribution in [-0.4, -0.2) is 4.98 Å². The quantitative estimate of drug-likeness (QED) is 0.188. The minimum absolute atomic E-state index is 0.896. The normalized spacial score (nSPS) is 11.9. The lowest BCUT2D eigenvalue weighted by Crippen LogP contribution is -1.91. The SMILES string of the molecule is c1ccc(-c2nc3cc(-c4cccc(-c5cccc6c5sc5ccccc56)c4)ccc3c3c2ccc2oc4ccccc4c23)cc1. The molecule has 3 aromatic heterocycles. The van der Waals surface area contributed by atoms with Crippen molar-refractivity contribution >= 4 is 75.1 Å². The first kappa shape index (κ1) is 25.5. The van der Waals surface area contributed by atoms with E-state index in [9.17, 15) is 0 Å². The molecule has 0 unspecified atom stereocenters. The van der Waals surface area contributed by atoms with Crippen molar-refractivity contribution in [2.45, 2.75) is 0 Å². The van der Waals surface area contributed by atoms with Crippen LogP contribution in [0.5, 0.6) is 0 Å². The third-order valence-corrected chi connectivity index (χ3v) is 10.5. The van der Waals surface area contributed by atoms with Gasteiger partial charge in [-0.1, -0.05) is 115 Å². The molecule has 0 bridgehead atoms. The summed E-state index contributed by atoms with van der Waals surface area (Å²) >= 11 is 1.87. The Labute approximate surface area is 268 Å². The van der Waals surface area contributed by atoms with Crippen LogP contribution in [0, 0.1) is 0 Å². The second-order valence-corrected chi connectivity index (χ2v) is 12.9. The number of fused-ring (bicyclic) bond motifs is 10. The minimum atomic E-state index is 0.896. The lowest BCUT2D eigenvalue weighted by atomic mass is 9.94. The van der Waals surface area contributed by atoms with Gasteiger partial charge in [0, 0.05) is 52.7 Å². The number of rotatable bonds is 3. The maximum absolute atomic E-state index is 6.33. The fourth-order valence-electron chi connectivity index (χ4n) is 7.15. The van der Waals surface area contributed by atoms with Crippen molar-refractivity contribution in [3.05, 3.63) is 152 Å². The average Bonchev–Trinajstić information content (AvgIpc) is 3.70. The molecule has 10 aromatic rings. The van der Waals surface area contributed by atoms with Crippen molar-refractivity contribution < 1.29 is 4.42 Å². The second-order valence-electron chi connectivity index (χ2n) is 11.9. The lowest BCUT2D eigenvalue weighted by Gasteiger charge is -2.13. The Morgan fingerprint density at radius 3 is 2.09 bits per heavy atom. The van der Waals surface area contributed by atoms with Crippen LogP contribution < -0.4 is 0 Å². The van der Waals surface area contributed by atoms with E-state index in [4.69, 9.17) is 9.40 Å². The molecule has 0 saturated heterocycles. The highest BCUT2D eigenvalue weighted by Gasteiger charge is 2.18. The molecule has 214 valence electrons. The van der Waals surface area contributed by atoms with Crippen molar-refractivity contribution in [3.8, 4) is 33.5 Å². The van der Waals surface area contributed by atoms with Gasteiger partial charge in [0.05, 0.1) is 11.2 Å². The Balaban J connectivity index is 1.21. The van der Waals surface area contributed by atoms with Crippen molar-refractivity contribution in [2.75, 3.05) is 0 Å². The van der Waals surface area contributed by atoms with Crippen LogP contribution >= 0.6 is 11.3 Å². The van der Waals surface area contributed by atoms with E-state index < -0.39 is 0 Å². The summed E-state index contributed by atoms with van der Waals surface area (Å²) in [6, 6.07) is 54.1. The standard InChI is InChI=1S/C43H25NOS/c1-2-10-26(11-3-1)42-35-22-23-38-41(34-15-4-6-18-37(34)45-38)40(35)33-21-20-28(25-36(33)44-42)27-12-8-13-29(24-27)30-16-9-17-32-31-14-5-7-19-39(31)46-43(30)32/h1-25H. The largest absolute Gasteiger partial charge is 0.456 e. The number of hydrogen-bond donors (Lipinski definition) is 0. The van der Waals surface area contributed by atoms with Crippen molar-refractivity contribution in [1.82, 2.24) is 4.98 Å². The Kier molecular flexibility index (Phi) is 5.48. The van der Waals surface area contributed by atoms with Gasteiger partial charge in [0.2, 0.25) is 0 Å². The molecule has 0 atom stereocenters. The molecule has 0 aliphatic rings. The summed E-state index contributed by atoms with van der Waals surface area (Å²) < 4.78 is 8.99. The summed E-state index contributed by atoms with van der Waals surface area (Å²) in [5.41, 5.74) is 9.66. The number of pyridine rings is 1. The zero-order valence-corrected chi connectivity index (χ0v) is 25.5. The summed E-state index contributed by atoms with van der Waals surface area (Å²) in [7, 11) is 0. The van der Waals surface area contributed by atoms with E-state index in [-0.39, 0.29) is 0 Å². The van der Waals surface area contributed by atoms with E-state index in [2.05, 4.69) is 140 Å². The molecule has 3 heteroatoms. The molecule has 0 radical (unpaired) electrons. The van der Waals surface area contributed by atoms with Gasteiger partial charge in [-0.25, -0.2) is 4.98 Å². The number of thiophene rings is 1. The van der Waals surface area contributed by atoms with E-state index in [0.717, 1.165) is 55.0 Å². The van der Waals surface area contributed by atoms with Crippen LogP contribution in [0.4, 0.5) is 0 Å². The van der Waals surface area contributed by atoms with E-state index in [1.807, 2.05) is 23.5 Å². The van der Waals surface area contributed by atoms with Gasteiger partial charge in [-0.3, -0.25) is 0 Å². The van der Waals surface area contributed by atoms with Crippen LogP contribution in [0.15, 0.2) is 156 Å². The number of nitrogens with zero attached hydrogens (tertiary/aromatic N) is 1. The first-order valence-electron chi connectivity index (χ1n) is 15.5. The number of benzene rings is 7. The number of para-hydroxylation sites is 1. The van der Waals surface area contributed by atoms with Gasteiger partial charge in [0.1, 0.15) is 11.2 Å². The fourth-order valence-corrected chi connectivity index (χ4v) is 8.38. The maximum Gasteiger partial charge on any atom is 0.136 e. The summed E-state index contributed by atoms with van der Waals surface area (Å²) in [6.45, 7) is 0. The zero-order chi connectivity index (χ0) is 30.2. The molecule has 10 rings (SSSR count). The van der Waals surface area contributed by atoms with Gasteiger partial charge < -0.3 is 4.42 Å². The molecule has 0 amide bonds. The van der Waals surface area contributed by atoms with Crippen LogP contribution in [0.3, 0.4) is 0 Å². The van der Waals surface area contributed by atoms with E-state index in [0.29, 0.717) is 0 Å². The van der Waals surface area contributed by atoms with Crippen molar-refractivity contribution in [1.29, 1.82) is 0 Å². The number of hydrogen-bond acceptors (Lipinski definition) is 3. The molecule has 0 aliphatic carbocycles. The Morgan fingerprint density at radius 2 is 1.15 bits per heavy atom. The highest BCUT2D eigenvalue weighted by Crippen LogP contribution is 2.43. The van der Waals surface area contributed by atoms with E-state index >= 15 is 0 Å². The van der Waals surface area contributed by atoms with Crippen molar-refractivity contribution in [2.24, 2.45) is 0 Å². The topological polar surface area (TPSA) is 26.0 Å². The minimum Gasteiger partial charge on any atom is -0.456 e. The van der Waals surface area contributed by atoms with Gasteiger partial charge in [-0.2, -0.15) is 0 Å². The van der Waals surface area contributed by atoms with Gasteiger partial charge >= 0.3 is 0 Å². The summed E-state index contributed by atoms with van der Waals surface area (Å²) in [4.78, 5) is 5.35. The summed E-state index contributed by atoms with van der Waals surface area (Å²) in [6.07, 6.45) is 0. The molecule has 0 spiro atoms. The monoisotopic (exact) mass is 603 g/mol. The fraction of sp³-hybridized carbons (Fsp3) is 0. The molecule has 2 nitrogen and oxygen atoms in total. The van der Waals surface area contributed by atoms with Gasteiger partial charge in [0.25, 0.3) is 0 Å². The first-order chi connectivity index (χ1) is 22.8. The molecule has 3 heterocycles. The first-order valence-corrected chi connectivity index (χ1v) is 16.4. The third-order valence-electron chi connectivity index (χ3n) is 9.26. The Morgan fingerprint density at radius 1 is 0.435 bits per heavy atom. The zero-order valence-electron chi connectivity index (χ0n) is 24.7. The predicted octanol–water partition coefficient (Wildman–Crippen LogP) is 12.7. The Hall–Kier alpha value is -5.77. The molecule has 0 fully saturated rings.